The summed E-state index contributed by atoms with van der Waals surface area (Å²) in [4.78, 5) is 2.65. The number of piperidine rings is 1. The van der Waals surface area contributed by atoms with Gasteiger partial charge in [0.05, 0.1) is 0 Å². The maximum Gasteiger partial charge on any atom is 0.0393 e. The summed E-state index contributed by atoms with van der Waals surface area (Å²) in [5.74, 6) is 0. The number of hydrogen-bond donors (Lipinski definition) is 0. The van der Waals surface area contributed by atoms with Gasteiger partial charge in [-0.15, -0.1) is 0 Å². The van der Waals surface area contributed by atoms with Gasteiger partial charge in [-0.25, -0.2) is 0 Å². The Morgan fingerprint density at radius 2 is 1.36 bits per heavy atom. The van der Waals surface area contributed by atoms with Gasteiger partial charge in [0.25, 0.3) is 0 Å². The third kappa shape index (κ3) is 1.76. The largest absolute Gasteiger partial charge is 0.296 e. The van der Waals surface area contributed by atoms with Crippen molar-refractivity contribution in [2.45, 2.75) is 44.9 Å². The molecule has 1 radical (unpaired) electrons. The highest BCUT2D eigenvalue weighted by molar-refractivity contribution is 4.94. The Hall–Kier alpha value is -0.0400. The molecule has 0 N–H and O–H groups in total. The first-order valence-corrected chi connectivity index (χ1v) is 5.06. The second-order valence-corrected chi connectivity index (χ2v) is 3.82. The molecule has 2 aliphatic heterocycles. The van der Waals surface area contributed by atoms with Crippen molar-refractivity contribution in [2.75, 3.05) is 13.1 Å². The molecule has 63 valence electrons. The van der Waals surface area contributed by atoms with E-state index in [0.717, 1.165) is 0 Å². The summed E-state index contributed by atoms with van der Waals surface area (Å²) in [5.41, 5.74) is 0. The van der Waals surface area contributed by atoms with E-state index < -0.39 is 0 Å². The molecule has 0 spiro atoms. The summed E-state index contributed by atoms with van der Waals surface area (Å²) >= 11 is 0. The molecule has 11 heavy (non-hydrogen) atoms. The van der Waals surface area contributed by atoms with Gasteiger partial charge in [-0.3, -0.25) is 4.90 Å². The molecule has 2 saturated heterocycles. The Labute approximate surface area is 69.8 Å². The molecule has 0 saturated carbocycles. The van der Waals surface area contributed by atoms with Crippen LogP contribution in [0.1, 0.15) is 44.9 Å². The van der Waals surface area contributed by atoms with Crippen molar-refractivity contribution in [1.82, 2.24) is 4.90 Å². The molecule has 0 aromatic rings. The fourth-order valence-electron chi connectivity index (χ4n) is 2.31. The van der Waals surface area contributed by atoms with Crippen LogP contribution in [-0.4, -0.2) is 18.0 Å². The van der Waals surface area contributed by atoms with Crippen LogP contribution in [0.25, 0.3) is 0 Å². The Balaban J connectivity index is 1.93. The molecule has 0 unspecified atom stereocenters. The summed E-state index contributed by atoms with van der Waals surface area (Å²) in [7, 11) is 0. The molecular weight excluding hydrogens is 134 g/mol. The molecule has 2 heterocycles. The first-order chi connectivity index (χ1) is 5.47. The first kappa shape index (κ1) is 7.60. The standard InChI is InChI=1S/C10H18N/c1-2-6-10-7-3-5-9-11(10)8-4-1/h1-9H2. The molecule has 0 bridgehead atoms. The predicted molar refractivity (Wildman–Crippen MR) is 47.1 cm³/mol. The lowest BCUT2D eigenvalue weighted by atomic mass is 9.99. The molecule has 0 atom stereocenters. The molecule has 0 aliphatic carbocycles. The Morgan fingerprint density at radius 3 is 2.18 bits per heavy atom. The van der Waals surface area contributed by atoms with E-state index in [2.05, 4.69) is 4.90 Å². The van der Waals surface area contributed by atoms with Crippen LogP contribution < -0.4 is 0 Å². The zero-order valence-corrected chi connectivity index (χ0v) is 7.31. The van der Waals surface area contributed by atoms with E-state index in [9.17, 15) is 0 Å². The SMILES string of the molecule is C1CC[C]2CCCCN2CC1. The summed E-state index contributed by atoms with van der Waals surface area (Å²) < 4.78 is 0. The molecule has 0 amide bonds. The van der Waals surface area contributed by atoms with E-state index in [1.165, 1.54) is 58.0 Å². The maximum atomic E-state index is 2.65. The van der Waals surface area contributed by atoms with E-state index >= 15 is 0 Å². The van der Waals surface area contributed by atoms with E-state index in [1.807, 2.05) is 0 Å². The maximum absolute atomic E-state index is 2.65. The van der Waals surface area contributed by atoms with Gasteiger partial charge in [0.1, 0.15) is 0 Å². The Bertz CT molecular complexity index is 108. The second kappa shape index (κ2) is 3.57. The van der Waals surface area contributed by atoms with Gasteiger partial charge < -0.3 is 0 Å². The van der Waals surface area contributed by atoms with E-state index in [4.69, 9.17) is 0 Å². The highest BCUT2D eigenvalue weighted by atomic mass is 15.2. The van der Waals surface area contributed by atoms with Gasteiger partial charge in [0, 0.05) is 6.04 Å². The molecule has 2 rings (SSSR count). The van der Waals surface area contributed by atoms with Crippen molar-refractivity contribution in [3.8, 4) is 0 Å². The molecular formula is C10H18N. The minimum atomic E-state index is 1.36. The Morgan fingerprint density at radius 1 is 0.727 bits per heavy atom. The summed E-state index contributed by atoms with van der Waals surface area (Å²) in [6.07, 6.45) is 10.0. The third-order valence-corrected chi connectivity index (χ3v) is 2.98. The lowest BCUT2D eigenvalue weighted by Gasteiger charge is -2.33. The van der Waals surface area contributed by atoms with Crippen molar-refractivity contribution in [3.05, 3.63) is 6.04 Å². The molecule has 0 aromatic heterocycles. The van der Waals surface area contributed by atoms with E-state index in [1.54, 1.807) is 6.04 Å². The lowest BCUT2D eigenvalue weighted by Crippen LogP contribution is -2.32. The molecule has 0 aromatic carbocycles. The fraction of sp³-hybridized carbons (Fsp3) is 0.900. The van der Waals surface area contributed by atoms with E-state index in [0.29, 0.717) is 0 Å². The summed E-state index contributed by atoms with van der Waals surface area (Å²) in [5, 5.41) is 0. The Kier molecular flexibility index (Phi) is 2.47. The van der Waals surface area contributed by atoms with Crippen LogP contribution in [0.15, 0.2) is 0 Å². The monoisotopic (exact) mass is 152 g/mol. The van der Waals surface area contributed by atoms with Gasteiger partial charge in [0.15, 0.2) is 0 Å². The highest BCUT2D eigenvalue weighted by Crippen LogP contribution is 2.30. The number of nitrogens with zero attached hydrogens (tertiary/aromatic N) is 1. The zero-order chi connectivity index (χ0) is 7.52. The van der Waals surface area contributed by atoms with Crippen molar-refractivity contribution in [1.29, 1.82) is 0 Å². The van der Waals surface area contributed by atoms with Crippen molar-refractivity contribution in [2.24, 2.45) is 0 Å². The predicted octanol–water partition coefficient (Wildman–Crippen LogP) is 2.58. The van der Waals surface area contributed by atoms with Crippen LogP contribution >= 0.6 is 0 Å². The smallest absolute Gasteiger partial charge is 0.0393 e. The van der Waals surface area contributed by atoms with Crippen molar-refractivity contribution < 1.29 is 0 Å². The minimum absolute atomic E-state index is 1.36. The molecule has 1 nitrogen and oxygen atoms in total. The summed E-state index contributed by atoms with van der Waals surface area (Å²) in [6.45, 7) is 2.71. The second-order valence-electron chi connectivity index (χ2n) is 3.82. The molecule has 2 fully saturated rings. The van der Waals surface area contributed by atoms with Gasteiger partial charge >= 0.3 is 0 Å². The number of hydrogen-bond acceptors (Lipinski definition) is 1. The van der Waals surface area contributed by atoms with Crippen LogP contribution in [0.2, 0.25) is 0 Å². The minimum Gasteiger partial charge on any atom is -0.296 e. The van der Waals surface area contributed by atoms with Gasteiger partial charge in [-0.05, 0) is 38.8 Å². The number of fused-ring (bicyclic) bond motifs is 1. The topological polar surface area (TPSA) is 3.24 Å². The normalized spacial score (nSPS) is 29.5. The van der Waals surface area contributed by atoms with Crippen molar-refractivity contribution >= 4 is 0 Å². The van der Waals surface area contributed by atoms with Crippen molar-refractivity contribution in [3.63, 3.8) is 0 Å². The molecule has 1 heteroatoms. The van der Waals surface area contributed by atoms with Gasteiger partial charge in [-0.1, -0.05) is 19.3 Å². The lowest BCUT2D eigenvalue weighted by molar-refractivity contribution is 0.231. The average Bonchev–Trinajstić information content (AvgIpc) is 2.28. The summed E-state index contributed by atoms with van der Waals surface area (Å²) in [6, 6.07) is 1.77. The van der Waals surface area contributed by atoms with Gasteiger partial charge in [0.2, 0.25) is 0 Å². The van der Waals surface area contributed by atoms with Gasteiger partial charge in [-0.2, -0.15) is 0 Å². The van der Waals surface area contributed by atoms with E-state index in [-0.39, 0.29) is 0 Å². The first-order valence-electron chi connectivity index (χ1n) is 5.06. The van der Waals surface area contributed by atoms with Crippen LogP contribution in [0.3, 0.4) is 0 Å². The average molecular weight is 152 g/mol. The molecule has 2 aliphatic rings. The van der Waals surface area contributed by atoms with Crippen LogP contribution in [0.5, 0.6) is 0 Å². The quantitative estimate of drug-likeness (QED) is 0.515. The van der Waals surface area contributed by atoms with Crippen LogP contribution in [-0.2, 0) is 0 Å². The fourth-order valence-corrected chi connectivity index (χ4v) is 2.31. The highest BCUT2D eigenvalue weighted by Gasteiger charge is 2.23. The number of rotatable bonds is 0. The zero-order valence-electron chi connectivity index (χ0n) is 7.31. The third-order valence-electron chi connectivity index (χ3n) is 2.98. The van der Waals surface area contributed by atoms with Crippen LogP contribution in [0, 0.1) is 6.04 Å². The van der Waals surface area contributed by atoms with Crippen LogP contribution in [0.4, 0.5) is 0 Å².